The summed E-state index contributed by atoms with van der Waals surface area (Å²) in [5, 5.41) is 0. The minimum Gasteiger partial charge on any atom is -0.340 e. The van der Waals surface area contributed by atoms with Gasteiger partial charge in [-0.15, -0.1) is 0 Å². The second-order valence-electron chi connectivity index (χ2n) is 6.35. The normalized spacial score (nSPS) is 15.7. The van der Waals surface area contributed by atoms with Gasteiger partial charge in [0.05, 0.1) is 6.04 Å². The van der Waals surface area contributed by atoms with E-state index in [4.69, 9.17) is 0 Å². The molecule has 1 heterocycles. The Morgan fingerprint density at radius 2 is 1.74 bits per heavy atom. The molecule has 0 N–H and O–H groups in total. The van der Waals surface area contributed by atoms with Crippen LogP contribution in [0.5, 0.6) is 0 Å². The largest absolute Gasteiger partial charge is 0.340 e. The molecule has 3 nitrogen and oxygen atoms in total. The van der Waals surface area contributed by atoms with Crippen LogP contribution >= 0.6 is 0 Å². The fourth-order valence-electron chi connectivity index (χ4n) is 3.26. The average Bonchev–Trinajstić information content (AvgIpc) is 2.61. The van der Waals surface area contributed by atoms with Crippen molar-refractivity contribution in [3.8, 4) is 0 Å². The van der Waals surface area contributed by atoms with E-state index in [2.05, 4.69) is 41.3 Å². The lowest BCUT2D eigenvalue weighted by Gasteiger charge is -2.34. The van der Waals surface area contributed by atoms with Crippen LogP contribution in [-0.2, 0) is 24.3 Å². The maximum atomic E-state index is 12.7. The van der Waals surface area contributed by atoms with Gasteiger partial charge >= 0.3 is 0 Å². The highest BCUT2D eigenvalue weighted by molar-refractivity contribution is 5.81. The molecule has 0 fully saturated rings. The van der Waals surface area contributed by atoms with Crippen LogP contribution in [0.3, 0.4) is 0 Å². The van der Waals surface area contributed by atoms with E-state index < -0.39 is 0 Å². The van der Waals surface area contributed by atoms with Crippen molar-refractivity contribution < 1.29 is 4.79 Å². The van der Waals surface area contributed by atoms with Gasteiger partial charge in [-0.3, -0.25) is 9.69 Å². The molecule has 0 saturated carbocycles. The molecule has 0 bridgehead atoms. The highest BCUT2D eigenvalue weighted by atomic mass is 16.2. The predicted octanol–water partition coefficient (Wildman–Crippen LogP) is 3.09. The Morgan fingerprint density at radius 1 is 1.09 bits per heavy atom. The molecule has 1 amide bonds. The van der Waals surface area contributed by atoms with Crippen LogP contribution in [0.2, 0.25) is 0 Å². The van der Waals surface area contributed by atoms with Crippen molar-refractivity contribution in [1.29, 1.82) is 0 Å². The van der Waals surface area contributed by atoms with Crippen molar-refractivity contribution >= 4 is 5.91 Å². The second kappa shape index (κ2) is 6.97. The van der Waals surface area contributed by atoms with Gasteiger partial charge in [0.1, 0.15) is 0 Å². The van der Waals surface area contributed by atoms with Crippen molar-refractivity contribution in [1.82, 2.24) is 9.80 Å². The van der Waals surface area contributed by atoms with Crippen LogP contribution in [0.15, 0.2) is 54.6 Å². The molecule has 0 aromatic heterocycles. The zero-order valence-corrected chi connectivity index (χ0v) is 13.9. The molecule has 0 radical (unpaired) electrons. The fraction of sp³-hybridized carbons (Fsp3) is 0.350. The SMILES string of the molecule is CC(C(=O)N(C)Cc1ccccc1)N1CCc2ccccc2C1. The van der Waals surface area contributed by atoms with Crippen molar-refractivity contribution in [2.75, 3.05) is 13.6 Å². The second-order valence-corrected chi connectivity index (χ2v) is 6.35. The molecule has 1 unspecified atom stereocenters. The van der Waals surface area contributed by atoms with Gasteiger partial charge in [0.2, 0.25) is 5.91 Å². The molecule has 2 aromatic carbocycles. The van der Waals surface area contributed by atoms with Crippen LogP contribution in [0.25, 0.3) is 0 Å². The number of nitrogens with zero attached hydrogens (tertiary/aromatic N) is 2. The number of carbonyl (C=O) groups excluding carboxylic acids is 1. The van der Waals surface area contributed by atoms with Gasteiger partial charge in [0.25, 0.3) is 0 Å². The zero-order chi connectivity index (χ0) is 16.2. The molecule has 3 rings (SSSR count). The summed E-state index contributed by atoms with van der Waals surface area (Å²) in [6.45, 7) is 4.50. The van der Waals surface area contributed by atoms with E-state index in [1.54, 1.807) is 0 Å². The first-order chi connectivity index (χ1) is 11.1. The van der Waals surface area contributed by atoms with Crippen molar-refractivity contribution in [3.63, 3.8) is 0 Å². The minimum atomic E-state index is -0.0860. The smallest absolute Gasteiger partial charge is 0.239 e. The molecule has 0 saturated heterocycles. The van der Waals surface area contributed by atoms with Gasteiger partial charge in [-0.25, -0.2) is 0 Å². The number of likely N-dealkylation sites (N-methyl/N-ethyl adjacent to an activating group) is 1. The Kier molecular flexibility index (Phi) is 4.77. The number of carbonyl (C=O) groups is 1. The summed E-state index contributed by atoms with van der Waals surface area (Å²) >= 11 is 0. The van der Waals surface area contributed by atoms with Gasteiger partial charge in [-0.1, -0.05) is 54.6 Å². The Hall–Kier alpha value is -2.13. The Balaban J connectivity index is 1.63. The van der Waals surface area contributed by atoms with Gasteiger partial charge in [-0.05, 0) is 30.0 Å². The molecule has 1 atom stereocenters. The number of benzene rings is 2. The molecule has 120 valence electrons. The number of rotatable bonds is 4. The summed E-state index contributed by atoms with van der Waals surface area (Å²) in [6, 6.07) is 18.6. The van der Waals surface area contributed by atoms with Gasteiger partial charge in [0.15, 0.2) is 0 Å². The van der Waals surface area contributed by atoms with E-state index in [0.29, 0.717) is 6.54 Å². The van der Waals surface area contributed by atoms with Crippen molar-refractivity contribution in [2.45, 2.75) is 32.5 Å². The monoisotopic (exact) mass is 308 g/mol. The summed E-state index contributed by atoms with van der Waals surface area (Å²) in [5.41, 5.74) is 3.93. The molecule has 0 spiro atoms. The third kappa shape index (κ3) is 3.62. The number of hydrogen-bond donors (Lipinski definition) is 0. The highest BCUT2D eigenvalue weighted by Gasteiger charge is 2.27. The Labute approximate surface area is 138 Å². The standard InChI is InChI=1S/C20H24N2O/c1-16(20(23)21(2)14-17-8-4-3-5-9-17)22-13-12-18-10-6-7-11-19(18)15-22/h3-11,16H,12-15H2,1-2H3. The van der Waals surface area contributed by atoms with Crippen molar-refractivity contribution in [3.05, 3.63) is 71.3 Å². The van der Waals surface area contributed by atoms with E-state index in [1.165, 1.54) is 16.7 Å². The van der Waals surface area contributed by atoms with Crippen LogP contribution in [0.4, 0.5) is 0 Å². The zero-order valence-electron chi connectivity index (χ0n) is 13.9. The Bertz CT molecular complexity index is 668. The first-order valence-corrected chi connectivity index (χ1v) is 8.25. The van der Waals surface area contributed by atoms with Crippen LogP contribution in [0, 0.1) is 0 Å². The summed E-state index contributed by atoms with van der Waals surface area (Å²) in [7, 11) is 1.89. The van der Waals surface area contributed by atoms with Gasteiger partial charge in [0, 0.05) is 26.7 Å². The fourth-order valence-corrected chi connectivity index (χ4v) is 3.26. The first kappa shape index (κ1) is 15.8. The third-order valence-corrected chi connectivity index (χ3v) is 4.70. The quantitative estimate of drug-likeness (QED) is 0.866. The number of hydrogen-bond acceptors (Lipinski definition) is 2. The molecule has 1 aliphatic heterocycles. The van der Waals surface area contributed by atoms with Crippen LogP contribution in [0.1, 0.15) is 23.6 Å². The van der Waals surface area contributed by atoms with E-state index in [-0.39, 0.29) is 11.9 Å². The Morgan fingerprint density at radius 3 is 2.48 bits per heavy atom. The maximum absolute atomic E-state index is 12.7. The third-order valence-electron chi connectivity index (χ3n) is 4.70. The minimum absolute atomic E-state index is 0.0860. The van der Waals surface area contributed by atoms with E-state index in [1.807, 2.05) is 37.1 Å². The summed E-state index contributed by atoms with van der Waals surface area (Å²) in [6.07, 6.45) is 1.02. The first-order valence-electron chi connectivity index (χ1n) is 8.25. The predicted molar refractivity (Wildman–Crippen MR) is 92.9 cm³/mol. The summed E-state index contributed by atoms with van der Waals surface area (Å²) < 4.78 is 0. The topological polar surface area (TPSA) is 23.6 Å². The lowest BCUT2D eigenvalue weighted by Crippen LogP contribution is -2.47. The summed E-state index contributed by atoms with van der Waals surface area (Å²) in [4.78, 5) is 16.9. The molecular formula is C20H24N2O. The number of amides is 1. The van der Waals surface area contributed by atoms with Crippen LogP contribution < -0.4 is 0 Å². The molecular weight excluding hydrogens is 284 g/mol. The van der Waals surface area contributed by atoms with E-state index >= 15 is 0 Å². The van der Waals surface area contributed by atoms with Crippen molar-refractivity contribution in [2.24, 2.45) is 0 Å². The molecule has 23 heavy (non-hydrogen) atoms. The summed E-state index contributed by atoms with van der Waals surface area (Å²) in [5.74, 6) is 0.188. The molecule has 3 heteroatoms. The van der Waals surface area contributed by atoms with Gasteiger partial charge < -0.3 is 4.90 Å². The average molecular weight is 308 g/mol. The lowest BCUT2D eigenvalue weighted by molar-refractivity contribution is -0.136. The van der Waals surface area contributed by atoms with Gasteiger partial charge in [-0.2, -0.15) is 0 Å². The molecule has 1 aliphatic rings. The molecule has 0 aliphatic carbocycles. The highest BCUT2D eigenvalue weighted by Crippen LogP contribution is 2.21. The maximum Gasteiger partial charge on any atom is 0.239 e. The lowest BCUT2D eigenvalue weighted by atomic mass is 9.98. The molecule has 2 aromatic rings. The van der Waals surface area contributed by atoms with E-state index in [0.717, 1.165) is 19.5 Å². The van der Waals surface area contributed by atoms with E-state index in [9.17, 15) is 4.79 Å². The number of fused-ring (bicyclic) bond motifs is 1. The van der Waals surface area contributed by atoms with Crippen LogP contribution in [-0.4, -0.2) is 35.3 Å².